The highest BCUT2D eigenvalue weighted by Gasteiger charge is 2.57. The number of carbonyl (C=O) groups excluding carboxylic acids is 1. The Morgan fingerprint density at radius 3 is 2.86 bits per heavy atom. The fraction of sp³-hybridized carbons (Fsp3) is 0.706. The first-order valence-electron chi connectivity index (χ1n) is 8.12. The summed E-state index contributed by atoms with van der Waals surface area (Å²) in [5.41, 5.74) is 1.71. The van der Waals surface area contributed by atoms with E-state index in [4.69, 9.17) is 0 Å². The van der Waals surface area contributed by atoms with Crippen molar-refractivity contribution in [3.63, 3.8) is 0 Å². The Morgan fingerprint density at radius 1 is 1.48 bits per heavy atom. The van der Waals surface area contributed by atoms with Gasteiger partial charge in [-0.25, -0.2) is 0 Å². The van der Waals surface area contributed by atoms with Crippen molar-refractivity contribution in [2.75, 3.05) is 13.1 Å². The van der Waals surface area contributed by atoms with E-state index in [0.29, 0.717) is 29.7 Å². The molecule has 21 heavy (non-hydrogen) atoms. The van der Waals surface area contributed by atoms with Gasteiger partial charge in [-0.1, -0.05) is 13.8 Å². The first-order valence-corrected chi connectivity index (χ1v) is 9.06. The molecule has 1 amide bonds. The predicted molar refractivity (Wildman–Crippen MR) is 87.3 cm³/mol. The van der Waals surface area contributed by atoms with Crippen LogP contribution in [0.4, 0.5) is 0 Å². The second-order valence-corrected chi connectivity index (χ2v) is 7.86. The van der Waals surface area contributed by atoms with Crippen LogP contribution in [0.25, 0.3) is 0 Å². The minimum Gasteiger partial charge on any atom is -0.335 e. The molecule has 0 aromatic carbocycles. The number of nitrogens with zero attached hydrogens (tertiary/aromatic N) is 1. The van der Waals surface area contributed by atoms with E-state index in [1.54, 1.807) is 11.3 Å². The van der Waals surface area contributed by atoms with Gasteiger partial charge in [0.15, 0.2) is 0 Å². The molecule has 4 heteroatoms. The Kier molecular flexibility index (Phi) is 4.36. The van der Waals surface area contributed by atoms with Gasteiger partial charge < -0.3 is 10.2 Å². The highest BCUT2D eigenvalue weighted by Crippen LogP contribution is 2.56. The lowest BCUT2D eigenvalue weighted by Gasteiger charge is -2.30. The third-order valence-electron chi connectivity index (χ3n) is 4.96. The number of hydrogen-bond donors (Lipinski definition) is 1. The van der Waals surface area contributed by atoms with Crippen molar-refractivity contribution in [3.05, 3.63) is 22.4 Å². The first-order chi connectivity index (χ1) is 10.1. The molecule has 1 N–H and O–H groups in total. The van der Waals surface area contributed by atoms with E-state index in [2.05, 4.69) is 40.9 Å². The van der Waals surface area contributed by atoms with Crippen LogP contribution >= 0.6 is 11.3 Å². The highest BCUT2D eigenvalue weighted by molar-refractivity contribution is 7.07. The largest absolute Gasteiger partial charge is 0.335 e. The fourth-order valence-corrected chi connectivity index (χ4v) is 4.31. The monoisotopic (exact) mass is 306 g/mol. The van der Waals surface area contributed by atoms with Crippen molar-refractivity contribution < 1.29 is 4.79 Å². The van der Waals surface area contributed by atoms with Gasteiger partial charge in [0.2, 0.25) is 5.91 Å². The maximum atomic E-state index is 12.7. The van der Waals surface area contributed by atoms with Gasteiger partial charge in [-0.05, 0) is 66.1 Å². The predicted octanol–water partition coefficient (Wildman–Crippen LogP) is 3.26. The van der Waals surface area contributed by atoms with Gasteiger partial charge in [0.25, 0.3) is 0 Å². The van der Waals surface area contributed by atoms with E-state index >= 15 is 0 Å². The Balaban J connectivity index is 1.71. The van der Waals surface area contributed by atoms with Crippen molar-refractivity contribution in [3.8, 4) is 0 Å². The second kappa shape index (κ2) is 6.09. The summed E-state index contributed by atoms with van der Waals surface area (Å²) in [6.45, 7) is 7.29. The standard InChI is InChI=1S/C17H26N2OS/c1-13(2)9-16(20)19(11-14-3-8-21-12-14)15-10-17(15)4-6-18-7-5-17/h3,8,12-13,15,18H,4-7,9-11H2,1-2H3. The van der Waals surface area contributed by atoms with Gasteiger partial charge in [-0.3, -0.25) is 4.79 Å². The molecule has 3 nitrogen and oxygen atoms in total. The maximum absolute atomic E-state index is 12.7. The van der Waals surface area contributed by atoms with Gasteiger partial charge >= 0.3 is 0 Å². The van der Waals surface area contributed by atoms with Crippen LogP contribution in [0.15, 0.2) is 16.8 Å². The summed E-state index contributed by atoms with van der Waals surface area (Å²) in [6, 6.07) is 2.63. The van der Waals surface area contributed by atoms with Gasteiger partial charge in [-0.2, -0.15) is 11.3 Å². The van der Waals surface area contributed by atoms with Gasteiger partial charge in [0.1, 0.15) is 0 Å². The molecular formula is C17H26N2OS. The van der Waals surface area contributed by atoms with Crippen LogP contribution < -0.4 is 5.32 Å². The van der Waals surface area contributed by atoms with E-state index in [-0.39, 0.29) is 0 Å². The lowest BCUT2D eigenvalue weighted by molar-refractivity contribution is -0.133. The molecule has 1 aliphatic carbocycles. The Bertz CT molecular complexity index is 477. The highest BCUT2D eigenvalue weighted by atomic mass is 32.1. The number of rotatable bonds is 5. The molecular weight excluding hydrogens is 280 g/mol. The molecule has 1 aromatic heterocycles. The smallest absolute Gasteiger partial charge is 0.223 e. The molecule has 1 aromatic rings. The van der Waals surface area contributed by atoms with E-state index in [1.807, 2.05) is 0 Å². The molecule has 1 saturated carbocycles. The van der Waals surface area contributed by atoms with Crippen LogP contribution in [0.3, 0.4) is 0 Å². The third kappa shape index (κ3) is 3.32. The quantitative estimate of drug-likeness (QED) is 0.905. The number of piperidine rings is 1. The summed E-state index contributed by atoms with van der Waals surface area (Å²) in [6.07, 6.45) is 4.34. The molecule has 2 aliphatic rings. The summed E-state index contributed by atoms with van der Waals surface area (Å²) in [4.78, 5) is 14.9. The van der Waals surface area contributed by atoms with Crippen LogP contribution in [0.1, 0.15) is 45.1 Å². The fourth-order valence-electron chi connectivity index (χ4n) is 3.65. The second-order valence-electron chi connectivity index (χ2n) is 7.08. The van der Waals surface area contributed by atoms with E-state index in [0.717, 1.165) is 19.6 Å². The lowest BCUT2D eigenvalue weighted by Crippen LogP contribution is -2.39. The number of thiophene rings is 1. The topological polar surface area (TPSA) is 32.3 Å². The molecule has 116 valence electrons. The van der Waals surface area contributed by atoms with E-state index in [1.165, 1.54) is 24.8 Å². The number of hydrogen-bond acceptors (Lipinski definition) is 3. The van der Waals surface area contributed by atoms with Crippen LogP contribution in [0.2, 0.25) is 0 Å². The summed E-state index contributed by atoms with van der Waals surface area (Å²) >= 11 is 1.72. The van der Waals surface area contributed by atoms with Gasteiger partial charge in [0.05, 0.1) is 0 Å². The molecule has 1 spiro atoms. The van der Waals surface area contributed by atoms with Crippen molar-refractivity contribution in [1.29, 1.82) is 0 Å². The normalized spacial score (nSPS) is 23.5. The van der Waals surface area contributed by atoms with Crippen molar-refractivity contribution in [2.45, 2.75) is 52.1 Å². The molecule has 0 bridgehead atoms. The van der Waals surface area contributed by atoms with E-state index in [9.17, 15) is 4.79 Å². The minimum absolute atomic E-state index is 0.344. The average Bonchev–Trinajstić information content (AvgIpc) is 2.88. The molecule has 1 unspecified atom stereocenters. The van der Waals surface area contributed by atoms with Gasteiger partial charge in [-0.15, -0.1) is 0 Å². The number of carbonyl (C=O) groups is 1. The Labute approximate surface area is 131 Å². The Morgan fingerprint density at radius 2 is 2.24 bits per heavy atom. The third-order valence-corrected chi connectivity index (χ3v) is 5.69. The van der Waals surface area contributed by atoms with E-state index < -0.39 is 0 Å². The summed E-state index contributed by atoms with van der Waals surface area (Å²) in [5.74, 6) is 0.779. The first kappa shape index (κ1) is 15.0. The lowest BCUT2D eigenvalue weighted by atomic mass is 9.93. The number of amides is 1. The minimum atomic E-state index is 0.344. The summed E-state index contributed by atoms with van der Waals surface area (Å²) < 4.78 is 0. The molecule has 0 radical (unpaired) electrons. The van der Waals surface area contributed by atoms with Gasteiger partial charge in [0, 0.05) is 19.0 Å². The molecule has 1 atom stereocenters. The van der Waals surface area contributed by atoms with Crippen LogP contribution in [-0.4, -0.2) is 29.9 Å². The SMILES string of the molecule is CC(C)CC(=O)N(Cc1ccsc1)C1CC12CCNCC2. The number of nitrogens with one attached hydrogen (secondary N) is 1. The Hall–Kier alpha value is -0.870. The zero-order chi connectivity index (χ0) is 14.9. The zero-order valence-electron chi connectivity index (χ0n) is 13.1. The van der Waals surface area contributed by atoms with Crippen molar-refractivity contribution in [1.82, 2.24) is 10.2 Å². The van der Waals surface area contributed by atoms with Crippen molar-refractivity contribution in [2.24, 2.45) is 11.3 Å². The molecule has 1 saturated heterocycles. The van der Waals surface area contributed by atoms with Crippen LogP contribution in [0.5, 0.6) is 0 Å². The molecule has 2 heterocycles. The maximum Gasteiger partial charge on any atom is 0.223 e. The van der Waals surface area contributed by atoms with Crippen LogP contribution in [0, 0.1) is 11.3 Å². The summed E-state index contributed by atoms with van der Waals surface area (Å²) in [7, 11) is 0. The zero-order valence-corrected chi connectivity index (χ0v) is 13.9. The molecule has 1 aliphatic heterocycles. The van der Waals surface area contributed by atoms with Crippen LogP contribution in [-0.2, 0) is 11.3 Å². The average molecular weight is 306 g/mol. The van der Waals surface area contributed by atoms with Crippen molar-refractivity contribution >= 4 is 17.2 Å². The molecule has 2 fully saturated rings. The molecule has 3 rings (SSSR count). The summed E-state index contributed by atoms with van der Waals surface area (Å²) in [5, 5.41) is 7.72.